The Labute approximate surface area is 132 Å². The molecule has 0 aliphatic carbocycles. The average molecular weight is 307 g/mol. The Balaban J connectivity index is 1.67. The predicted octanol–water partition coefficient (Wildman–Crippen LogP) is 3.75. The van der Waals surface area contributed by atoms with Crippen molar-refractivity contribution in [3.8, 4) is 18.1 Å². The van der Waals surface area contributed by atoms with E-state index in [2.05, 4.69) is 21.4 Å². The van der Waals surface area contributed by atoms with Gasteiger partial charge in [-0.05, 0) is 29.8 Å². The van der Waals surface area contributed by atoms with Crippen LogP contribution in [0, 0.1) is 12.3 Å². The van der Waals surface area contributed by atoms with Gasteiger partial charge in [-0.15, -0.1) is 6.42 Å². The van der Waals surface area contributed by atoms with E-state index in [1.807, 2.05) is 48.5 Å². The fraction of sp³-hybridized carbons (Fsp3) is 0.0588. The van der Waals surface area contributed by atoms with Gasteiger partial charge in [0.2, 0.25) is 5.13 Å². The maximum Gasteiger partial charge on any atom is 0.204 e. The second-order valence-electron chi connectivity index (χ2n) is 4.42. The molecule has 0 aliphatic rings. The highest BCUT2D eigenvalue weighted by Gasteiger charge is 2.00. The van der Waals surface area contributed by atoms with Gasteiger partial charge in [0.15, 0.2) is 0 Å². The van der Waals surface area contributed by atoms with Gasteiger partial charge in [-0.2, -0.15) is 5.10 Å². The van der Waals surface area contributed by atoms with E-state index < -0.39 is 0 Å². The van der Waals surface area contributed by atoms with Crippen molar-refractivity contribution in [3.63, 3.8) is 0 Å². The van der Waals surface area contributed by atoms with Gasteiger partial charge >= 0.3 is 0 Å². The highest BCUT2D eigenvalue weighted by atomic mass is 32.1. The van der Waals surface area contributed by atoms with Crippen LogP contribution in [0.15, 0.2) is 53.6 Å². The molecule has 0 fully saturated rings. The lowest BCUT2D eigenvalue weighted by molar-refractivity contribution is 0.370. The lowest BCUT2D eigenvalue weighted by atomic mass is 10.2. The number of nitrogens with one attached hydrogen (secondary N) is 1. The third kappa shape index (κ3) is 3.43. The minimum Gasteiger partial charge on any atom is -0.481 e. The summed E-state index contributed by atoms with van der Waals surface area (Å²) in [5.74, 6) is 3.16. The lowest BCUT2D eigenvalue weighted by Crippen LogP contribution is -1.94. The number of fused-ring (bicyclic) bond motifs is 1. The summed E-state index contributed by atoms with van der Waals surface area (Å²) in [7, 11) is 0. The van der Waals surface area contributed by atoms with E-state index >= 15 is 0 Å². The van der Waals surface area contributed by atoms with Gasteiger partial charge in [0.1, 0.15) is 12.4 Å². The van der Waals surface area contributed by atoms with E-state index in [0.29, 0.717) is 0 Å². The first-order valence-electron chi connectivity index (χ1n) is 6.66. The van der Waals surface area contributed by atoms with Gasteiger partial charge in [0.05, 0.1) is 16.4 Å². The van der Waals surface area contributed by atoms with Gasteiger partial charge in [0, 0.05) is 0 Å². The molecule has 108 valence electrons. The normalized spacial score (nSPS) is 10.7. The summed E-state index contributed by atoms with van der Waals surface area (Å²) in [6.07, 6.45) is 6.89. The molecule has 2 aromatic carbocycles. The zero-order valence-corrected chi connectivity index (χ0v) is 12.5. The fourth-order valence-electron chi connectivity index (χ4n) is 1.89. The van der Waals surface area contributed by atoms with Crippen molar-refractivity contribution in [2.24, 2.45) is 5.10 Å². The van der Waals surface area contributed by atoms with Gasteiger partial charge in [-0.1, -0.05) is 41.5 Å². The third-order valence-electron chi connectivity index (χ3n) is 2.85. The van der Waals surface area contributed by atoms with Crippen LogP contribution in [0.25, 0.3) is 10.2 Å². The highest BCUT2D eigenvalue weighted by Crippen LogP contribution is 2.25. The first-order valence-corrected chi connectivity index (χ1v) is 7.48. The van der Waals surface area contributed by atoms with Crippen LogP contribution in [-0.2, 0) is 0 Å². The first kappa shape index (κ1) is 14.1. The number of rotatable bonds is 5. The van der Waals surface area contributed by atoms with Crippen LogP contribution in [-0.4, -0.2) is 17.8 Å². The van der Waals surface area contributed by atoms with E-state index in [-0.39, 0.29) is 6.61 Å². The van der Waals surface area contributed by atoms with Crippen LogP contribution < -0.4 is 10.2 Å². The van der Waals surface area contributed by atoms with E-state index in [1.165, 1.54) is 0 Å². The highest BCUT2D eigenvalue weighted by molar-refractivity contribution is 7.22. The molecular weight excluding hydrogens is 294 g/mol. The quantitative estimate of drug-likeness (QED) is 0.443. The monoisotopic (exact) mass is 307 g/mol. The summed E-state index contributed by atoms with van der Waals surface area (Å²) < 4.78 is 6.50. The predicted molar refractivity (Wildman–Crippen MR) is 91.6 cm³/mol. The first-order chi connectivity index (χ1) is 10.8. The van der Waals surface area contributed by atoms with E-state index in [9.17, 15) is 0 Å². The van der Waals surface area contributed by atoms with Crippen molar-refractivity contribution in [2.45, 2.75) is 0 Å². The van der Waals surface area contributed by atoms with Crippen LogP contribution in [0.4, 0.5) is 5.13 Å². The van der Waals surface area contributed by atoms with Crippen molar-refractivity contribution in [1.29, 1.82) is 0 Å². The second-order valence-corrected chi connectivity index (χ2v) is 5.45. The van der Waals surface area contributed by atoms with E-state index in [4.69, 9.17) is 11.2 Å². The zero-order chi connectivity index (χ0) is 15.2. The molecule has 0 saturated heterocycles. The summed E-state index contributed by atoms with van der Waals surface area (Å²) in [6, 6.07) is 15.5. The largest absolute Gasteiger partial charge is 0.481 e. The number of para-hydroxylation sites is 1. The number of benzene rings is 2. The summed E-state index contributed by atoms with van der Waals surface area (Å²) in [5.41, 5.74) is 4.84. The molecule has 3 aromatic rings. The van der Waals surface area contributed by atoms with Gasteiger partial charge in [0.25, 0.3) is 0 Å². The van der Waals surface area contributed by atoms with Crippen molar-refractivity contribution < 1.29 is 4.74 Å². The number of terminal acetylenes is 1. The van der Waals surface area contributed by atoms with Crippen LogP contribution in [0.5, 0.6) is 5.75 Å². The van der Waals surface area contributed by atoms with Crippen molar-refractivity contribution in [2.75, 3.05) is 12.0 Å². The number of thiazole rings is 1. The Morgan fingerprint density at radius 2 is 2.18 bits per heavy atom. The van der Waals surface area contributed by atoms with Gasteiger partial charge < -0.3 is 4.74 Å². The molecular formula is C17H13N3OS. The molecule has 0 bridgehead atoms. The van der Waals surface area contributed by atoms with Gasteiger partial charge in [-0.25, -0.2) is 4.98 Å². The Hall–Kier alpha value is -2.84. The van der Waals surface area contributed by atoms with Crippen LogP contribution in [0.3, 0.4) is 0 Å². The Morgan fingerprint density at radius 3 is 3.05 bits per heavy atom. The molecule has 0 radical (unpaired) electrons. The zero-order valence-electron chi connectivity index (χ0n) is 11.7. The standard InChI is InChI=1S/C17H13N3OS/c1-2-10-21-14-7-5-6-13(11-14)12-18-20-17-19-15-8-3-4-9-16(15)22-17/h1,3-9,11-12H,10H2,(H,19,20)/b18-12-. The molecule has 3 rings (SSSR count). The summed E-state index contributed by atoms with van der Waals surface area (Å²) in [5, 5.41) is 4.97. The number of aromatic nitrogens is 1. The minimum absolute atomic E-state index is 0.255. The number of ether oxygens (including phenoxy) is 1. The Kier molecular flexibility index (Phi) is 4.33. The Morgan fingerprint density at radius 1 is 1.27 bits per heavy atom. The van der Waals surface area contributed by atoms with Crippen molar-refractivity contribution in [3.05, 3.63) is 54.1 Å². The molecule has 4 nitrogen and oxygen atoms in total. The summed E-state index contributed by atoms with van der Waals surface area (Å²) >= 11 is 1.56. The molecule has 0 saturated carbocycles. The molecule has 0 spiro atoms. The topological polar surface area (TPSA) is 46.5 Å². The van der Waals surface area contributed by atoms with Crippen LogP contribution in [0.1, 0.15) is 5.56 Å². The summed E-state index contributed by atoms with van der Waals surface area (Å²) in [6.45, 7) is 0.255. The van der Waals surface area contributed by atoms with E-state index in [1.54, 1.807) is 17.6 Å². The minimum atomic E-state index is 0.255. The molecule has 0 amide bonds. The SMILES string of the molecule is C#CCOc1cccc(/C=N\Nc2nc3ccccc3s2)c1. The molecule has 22 heavy (non-hydrogen) atoms. The fourth-order valence-corrected chi connectivity index (χ4v) is 2.71. The molecule has 1 heterocycles. The van der Waals surface area contributed by atoms with Crippen LogP contribution >= 0.6 is 11.3 Å². The smallest absolute Gasteiger partial charge is 0.204 e. The maximum atomic E-state index is 5.37. The van der Waals surface area contributed by atoms with E-state index in [0.717, 1.165) is 26.7 Å². The number of anilines is 1. The van der Waals surface area contributed by atoms with Gasteiger partial charge in [-0.3, -0.25) is 5.43 Å². The third-order valence-corrected chi connectivity index (χ3v) is 3.79. The molecule has 1 aromatic heterocycles. The molecule has 1 N–H and O–H groups in total. The summed E-state index contributed by atoms with van der Waals surface area (Å²) in [4.78, 5) is 4.45. The van der Waals surface area contributed by atoms with Crippen LogP contribution in [0.2, 0.25) is 0 Å². The number of hydrazone groups is 1. The molecule has 0 atom stereocenters. The molecule has 0 unspecified atom stereocenters. The second kappa shape index (κ2) is 6.74. The molecule has 5 heteroatoms. The van der Waals surface area contributed by atoms with Crippen molar-refractivity contribution in [1.82, 2.24) is 4.98 Å². The lowest BCUT2D eigenvalue weighted by Gasteiger charge is -2.02. The average Bonchev–Trinajstić information content (AvgIpc) is 2.96. The number of hydrogen-bond donors (Lipinski definition) is 1. The number of nitrogens with zero attached hydrogens (tertiary/aromatic N) is 2. The Bertz CT molecular complexity index is 815. The van der Waals surface area contributed by atoms with Crippen molar-refractivity contribution >= 4 is 32.9 Å². The number of hydrogen-bond acceptors (Lipinski definition) is 5. The molecule has 0 aliphatic heterocycles. The maximum absolute atomic E-state index is 5.37.